The van der Waals surface area contributed by atoms with Gasteiger partial charge in [0, 0.05) is 11.1 Å². The van der Waals surface area contributed by atoms with Gasteiger partial charge in [0.2, 0.25) is 5.91 Å². The van der Waals surface area contributed by atoms with Gasteiger partial charge in [-0.3, -0.25) is 4.79 Å². The summed E-state index contributed by atoms with van der Waals surface area (Å²) in [7, 11) is 0. The van der Waals surface area contributed by atoms with Crippen LogP contribution in [0.25, 0.3) is 0 Å². The van der Waals surface area contributed by atoms with Crippen molar-refractivity contribution in [3.8, 4) is 5.75 Å². The smallest absolute Gasteiger partial charge is 0.228 e. The lowest BCUT2D eigenvalue weighted by Crippen LogP contribution is -2.15. The third-order valence-electron chi connectivity index (χ3n) is 2.59. The Kier molecular flexibility index (Phi) is 3.92. The fourth-order valence-electron chi connectivity index (χ4n) is 1.65. The number of aromatic hydroxyl groups is 1. The topological polar surface area (TPSA) is 75.3 Å². The SMILES string of the molecule is Nc1cc(O)ccc1NC(=O)Cc1ccc(Cl)cc1. The van der Waals surface area contributed by atoms with E-state index in [-0.39, 0.29) is 18.1 Å². The summed E-state index contributed by atoms with van der Waals surface area (Å²) in [5.74, 6) is -0.118. The number of nitrogen functional groups attached to an aromatic ring is 1. The Bertz CT molecular complexity index is 597. The molecule has 19 heavy (non-hydrogen) atoms. The Labute approximate surface area is 115 Å². The average Bonchev–Trinajstić information content (AvgIpc) is 2.36. The molecule has 0 atom stereocenters. The van der Waals surface area contributed by atoms with Gasteiger partial charge >= 0.3 is 0 Å². The fraction of sp³-hybridized carbons (Fsp3) is 0.0714. The van der Waals surface area contributed by atoms with Crippen LogP contribution in [0.1, 0.15) is 5.56 Å². The molecule has 0 saturated carbocycles. The van der Waals surface area contributed by atoms with E-state index in [9.17, 15) is 9.90 Å². The summed E-state index contributed by atoms with van der Waals surface area (Å²) in [6.07, 6.45) is 0.234. The average molecular weight is 277 g/mol. The summed E-state index contributed by atoms with van der Waals surface area (Å²) in [4.78, 5) is 11.8. The van der Waals surface area contributed by atoms with Gasteiger partial charge in [-0.05, 0) is 29.8 Å². The molecule has 5 heteroatoms. The number of rotatable bonds is 3. The predicted octanol–water partition coefficient (Wildman–Crippen LogP) is 2.81. The Morgan fingerprint density at radius 2 is 1.89 bits per heavy atom. The molecule has 0 heterocycles. The number of nitrogens with one attached hydrogen (secondary N) is 1. The molecule has 0 fully saturated rings. The molecule has 0 aliphatic heterocycles. The normalized spacial score (nSPS) is 10.2. The number of phenolic OH excluding ortho intramolecular Hbond substituents is 1. The van der Waals surface area contributed by atoms with Gasteiger partial charge in [-0.1, -0.05) is 23.7 Å². The first-order valence-electron chi connectivity index (χ1n) is 5.67. The molecule has 4 N–H and O–H groups in total. The lowest BCUT2D eigenvalue weighted by Gasteiger charge is -2.08. The van der Waals surface area contributed by atoms with Crippen molar-refractivity contribution < 1.29 is 9.90 Å². The van der Waals surface area contributed by atoms with Gasteiger partial charge in [-0.2, -0.15) is 0 Å². The van der Waals surface area contributed by atoms with Crippen LogP contribution in [0.5, 0.6) is 5.75 Å². The van der Waals surface area contributed by atoms with Crippen molar-refractivity contribution in [1.29, 1.82) is 0 Å². The third-order valence-corrected chi connectivity index (χ3v) is 2.84. The van der Waals surface area contributed by atoms with Gasteiger partial charge in [-0.15, -0.1) is 0 Å². The second-order valence-electron chi connectivity index (χ2n) is 4.12. The zero-order chi connectivity index (χ0) is 13.8. The van der Waals surface area contributed by atoms with Crippen LogP contribution in [0.15, 0.2) is 42.5 Å². The van der Waals surface area contributed by atoms with Crippen molar-refractivity contribution in [2.75, 3.05) is 11.1 Å². The summed E-state index contributed by atoms with van der Waals surface area (Å²) in [5, 5.41) is 12.6. The molecule has 98 valence electrons. The molecule has 4 nitrogen and oxygen atoms in total. The van der Waals surface area contributed by atoms with Gasteiger partial charge in [0.1, 0.15) is 5.75 Å². The van der Waals surface area contributed by atoms with E-state index in [0.717, 1.165) is 5.56 Å². The monoisotopic (exact) mass is 276 g/mol. The second-order valence-corrected chi connectivity index (χ2v) is 4.56. The van der Waals surface area contributed by atoms with E-state index < -0.39 is 0 Å². The van der Waals surface area contributed by atoms with E-state index in [0.29, 0.717) is 16.4 Å². The summed E-state index contributed by atoms with van der Waals surface area (Å²) in [6.45, 7) is 0. The highest BCUT2D eigenvalue weighted by Gasteiger charge is 2.07. The molecular weight excluding hydrogens is 264 g/mol. The maximum atomic E-state index is 11.8. The minimum absolute atomic E-state index is 0.0631. The number of hydrogen-bond donors (Lipinski definition) is 3. The Morgan fingerprint density at radius 3 is 2.53 bits per heavy atom. The number of phenols is 1. The van der Waals surface area contributed by atoms with Crippen molar-refractivity contribution in [2.24, 2.45) is 0 Å². The van der Waals surface area contributed by atoms with Crippen LogP contribution >= 0.6 is 11.6 Å². The van der Waals surface area contributed by atoms with Crippen molar-refractivity contribution in [3.63, 3.8) is 0 Å². The van der Waals surface area contributed by atoms with Gasteiger partial charge in [0.25, 0.3) is 0 Å². The zero-order valence-electron chi connectivity index (χ0n) is 10.1. The van der Waals surface area contributed by atoms with Gasteiger partial charge in [0.05, 0.1) is 17.8 Å². The Hall–Kier alpha value is -2.20. The summed E-state index contributed by atoms with van der Waals surface area (Å²) >= 11 is 5.77. The number of anilines is 2. The van der Waals surface area contributed by atoms with Gasteiger partial charge in [0.15, 0.2) is 0 Å². The Balaban J connectivity index is 2.03. The van der Waals surface area contributed by atoms with E-state index in [1.54, 1.807) is 30.3 Å². The van der Waals surface area contributed by atoms with E-state index in [2.05, 4.69) is 5.32 Å². The molecule has 2 rings (SSSR count). The maximum absolute atomic E-state index is 11.8. The van der Waals surface area contributed by atoms with Crippen molar-refractivity contribution in [1.82, 2.24) is 0 Å². The first-order valence-corrected chi connectivity index (χ1v) is 6.05. The largest absolute Gasteiger partial charge is 0.508 e. The van der Waals surface area contributed by atoms with Gasteiger partial charge in [-0.25, -0.2) is 0 Å². The molecule has 2 aromatic rings. The minimum Gasteiger partial charge on any atom is -0.508 e. The molecule has 0 aliphatic carbocycles. The van der Waals surface area contributed by atoms with E-state index in [1.165, 1.54) is 12.1 Å². The van der Waals surface area contributed by atoms with Crippen molar-refractivity contribution in [2.45, 2.75) is 6.42 Å². The summed E-state index contributed by atoms with van der Waals surface area (Å²) in [6, 6.07) is 11.5. The molecular formula is C14H13ClN2O2. The summed E-state index contributed by atoms with van der Waals surface area (Å²) in [5.41, 5.74) is 7.36. The first-order chi connectivity index (χ1) is 9.04. The van der Waals surface area contributed by atoms with E-state index in [1.807, 2.05) is 0 Å². The van der Waals surface area contributed by atoms with Crippen LogP contribution in [0.4, 0.5) is 11.4 Å². The summed E-state index contributed by atoms with van der Waals surface area (Å²) < 4.78 is 0. The first kappa shape index (κ1) is 13.2. The molecule has 2 aromatic carbocycles. The third kappa shape index (κ3) is 3.63. The van der Waals surface area contributed by atoms with E-state index in [4.69, 9.17) is 17.3 Å². The highest BCUT2D eigenvalue weighted by atomic mass is 35.5. The number of carbonyl (C=O) groups is 1. The quantitative estimate of drug-likeness (QED) is 0.596. The van der Waals surface area contributed by atoms with Crippen LogP contribution in [-0.4, -0.2) is 11.0 Å². The van der Waals surface area contributed by atoms with Crippen LogP contribution in [0, 0.1) is 0 Å². The maximum Gasteiger partial charge on any atom is 0.228 e. The molecule has 0 spiro atoms. The second kappa shape index (κ2) is 5.63. The highest BCUT2D eigenvalue weighted by Crippen LogP contribution is 2.23. The van der Waals surface area contributed by atoms with E-state index >= 15 is 0 Å². The lowest BCUT2D eigenvalue weighted by molar-refractivity contribution is -0.115. The highest BCUT2D eigenvalue weighted by molar-refractivity contribution is 6.30. The predicted molar refractivity (Wildman–Crippen MR) is 76.3 cm³/mol. The minimum atomic E-state index is -0.181. The number of hydrogen-bond acceptors (Lipinski definition) is 3. The zero-order valence-corrected chi connectivity index (χ0v) is 10.8. The molecule has 0 aromatic heterocycles. The molecule has 0 radical (unpaired) electrons. The van der Waals surface area contributed by atoms with Crippen LogP contribution in [0.2, 0.25) is 5.02 Å². The molecule has 0 unspecified atom stereocenters. The molecule has 0 saturated heterocycles. The lowest BCUT2D eigenvalue weighted by atomic mass is 10.1. The Morgan fingerprint density at radius 1 is 1.21 bits per heavy atom. The van der Waals surface area contributed by atoms with Crippen LogP contribution in [0.3, 0.4) is 0 Å². The van der Waals surface area contributed by atoms with Crippen molar-refractivity contribution in [3.05, 3.63) is 53.1 Å². The van der Waals surface area contributed by atoms with Crippen molar-refractivity contribution >= 4 is 28.9 Å². The fourth-order valence-corrected chi connectivity index (χ4v) is 1.77. The van der Waals surface area contributed by atoms with Crippen LogP contribution < -0.4 is 11.1 Å². The number of carbonyl (C=O) groups excluding carboxylic acids is 1. The number of amides is 1. The number of benzene rings is 2. The standard InChI is InChI=1S/C14H13ClN2O2/c15-10-3-1-9(2-4-10)7-14(19)17-13-6-5-11(18)8-12(13)16/h1-6,8,18H,7,16H2,(H,17,19). The van der Waals surface area contributed by atoms with Crippen LogP contribution in [-0.2, 0) is 11.2 Å². The molecule has 0 bridgehead atoms. The molecule has 1 amide bonds. The molecule has 0 aliphatic rings. The number of nitrogens with two attached hydrogens (primary N) is 1. The van der Waals surface area contributed by atoms with Gasteiger partial charge < -0.3 is 16.2 Å². The number of halogens is 1.